The minimum absolute atomic E-state index is 0.238. The third-order valence-electron chi connectivity index (χ3n) is 3.87. The van der Waals surface area contributed by atoms with Gasteiger partial charge in [-0.1, -0.05) is 27.8 Å². The SMILES string of the molecule is Cc1nnsc1C(=O)Nc1ccccc1Cc1nc(-c2ccncc2)no1. The summed E-state index contributed by atoms with van der Waals surface area (Å²) in [6.45, 7) is 1.75. The molecule has 0 radical (unpaired) electrons. The largest absolute Gasteiger partial charge is 0.339 e. The molecule has 0 aliphatic carbocycles. The van der Waals surface area contributed by atoms with Crippen LogP contribution in [0.25, 0.3) is 11.4 Å². The van der Waals surface area contributed by atoms with Crippen molar-refractivity contribution in [3.8, 4) is 11.4 Å². The zero-order valence-electron chi connectivity index (χ0n) is 14.3. The van der Waals surface area contributed by atoms with Gasteiger partial charge < -0.3 is 9.84 Å². The summed E-state index contributed by atoms with van der Waals surface area (Å²) < 4.78 is 9.16. The van der Waals surface area contributed by atoms with Crippen molar-refractivity contribution in [1.29, 1.82) is 0 Å². The normalized spacial score (nSPS) is 10.7. The van der Waals surface area contributed by atoms with E-state index in [1.54, 1.807) is 19.3 Å². The maximum Gasteiger partial charge on any atom is 0.269 e. The number of amides is 1. The summed E-state index contributed by atoms with van der Waals surface area (Å²) in [7, 11) is 0. The summed E-state index contributed by atoms with van der Waals surface area (Å²) in [5, 5.41) is 10.8. The Kier molecular flexibility index (Phi) is 4.67. The van der Waals surface area contributed by atoms with E-state index < -0.39 is 0 Å². The first-order valence-electron chi connectivity index (χ1n) is 8.12. The third-order valence-corrected chi connectivity index (χ3v) is 4.70. The van der Waals surface area contributed by atoms with Gasteiger partial charge >= 0.3 is 0 Å². The van der Waals surface area contributed by atoms with Crippen LogP contribution in [-0.4, -0.2) is 30.6 Å². The van der Waals surface area contributed by atoms with Gasteiger partial charge in [-0.2, -0.15) is 4.98 Å². The molecule has 0 spiro atoms. The minimum Gasteiger partial charge on any atom is -0.339 e. The molecular formula is C18H14N6O2S. The fraction of sp³-hybridized carbons (Fsp3) is 0.111. The molecule has 0 fully saturated rings. The minimum atomic E-state index is -0.238. The van der Waals surface area contributed by atoms with E-state index in [4.69, 9.17) is 4.52 Å². The Morgan fingerprint density at radius 1 is 1.19 bits per heavy atom. The Morgan fingerprint density at radius 2 is 2.00 bits per heavy atom. The van der Waals surface area contributed by atoms with Crippen LogP contribution < -0.4 is 5.32 Å². The Hall–Kier alpha value is -3.46. The van der Waals surface area contributed by atoms with Crippen molar-refractivity contribution in [3.05, 3.63) is 70.8 Å². The molecule has 0 atom stereocenters. The van der Waals surface area contributed by atoms with Crippen molar-refractivity contribution in [2.75, 3.05) is 5.32 Å². The number of aromatic nitrogens is 5. The average molecular weight is 378 g/mol. The van der Waals surface area contributed by atoms with Gasteiger partial charge in [0.15, 0.2) is 0 Å². The fourth-order valence-corrected chi connectivity index (χ4v) is 3.07. The van der Waals surface area contributed by atoms with Crippen molar-refractivity contribution in [1.82, 2.24) is 24.7 Å². The van der Waals surface area contributed by atoms with E-state index in [1.807, 2.05) is 36.4 Å². The van der Waals surface area contributed by atoms with Crippen LogP contribution in [0.15, 0.2) is 53.3 Å². The van der Waals surface area contributed by atoms with Gasteiger partial charge in [0.1, 0.15) is 4.88 Å². The molecule has 8 nitrogen and oxygen atoms in total. The summed E-state index contributed by atoms with van der Waals surface area (Å²) in [4.78, 5) is 21.3. The second-order valence-electron chi connectivity index (χ2n) is 5.72. The van der Waals surface area contributed by atoms with E-state index in [0.29, 0.717) is 34.4 Å². The highest BCUT2D eigenvalue weighted by molar-refractivity contribution is 7.08. The Labute approximate surface area is 158 Å². The summed E-state index contributed by atoms with van der Waals surface area (Å²) in [6, 6.07) is 11.1. The third kappa shape index (κ3) is 3.72. The predicted octanol–water partition coefficient (Wildman–Crippen LogP) is 3.13. The van der Waals surface area contributed by atoms with Gasteiger partial charge in [0.2, 0.25) is 11.7 Å². The monoisotopic (exact) mass is 378 g/mol. The second kappa shape index (κ2) is 7.42. The molecule has 9 heteroatoms. The molecule has 4 aromatic rings. The number of anilines is 1. The molecule has 1 N–H and O–H groups in total. The van der Waals surface area contributed by atoms with Gasteiger partial charge in [-0.3, -0.25) is 9.78 Å². The van der Waals surface area contributed by atoms with Crippen LogP contribution >= 0.6 is 11.5 Å². The highest BCUT2D eigenvalue weighted by Gasteiger charge is 2.16. The topological polar surface area (TPSA) is 107 Å². The summed E-state index contributed by atoms with van der Waals surface area (Å²) >= 11 is 1.07. The summed E-state index contributed by atoms with van der Waals surface area (Å²) in [5.41, 5.74) is 2.98. The number of pyridine rings is 1. The number of nitrogens with zero attached hydrogens (tertiary/aromatic N) is 5. The lowest BCUT2D eigenvalue weighted by atomic mass is 10.1. The molecule has 4 rings (SSSR count). The molecule has 3 heterocycles. The van der Waals surface area contributed by atoms with Crippen LogP contribution in [0.4, 0.5) is 5.69 Å². The standard InChI is InChI=1S/C18H14N6O2S/c1-11-16(27-24-22-11)18(25)20-14-5-3-2-4-13(14)10-15-21-17(23-26-15)12-6-8-19-9-7-12/h2-9H,10H2,1H3,(H,20,25). The van der Waals surface area contributed by atoms with Gasteiger partial charge in [-0.05, 0) is 42.2 Å². The van der Waals surface area contributed by atoms with Crippen molar-refractivity contribution in [3.63, 3.8) is 0 Å². The fourth-order valence-electron chi connectivity index (χ4n) is 2.52. The van der Waals surface area contributed by atoms with E-state index in [-0.39, 0.29) is 5.91 Å². The van der Waals surface area contributed by atoms with Crippen LogP contribution in [0.1, 0.15) is 26.8 Å². The molecule has 0 bridgehead atoms. The number of carbonyl (C=O) groups is 1. The Bertz CT molecular complexity index is 1080. The van der Waals surface area contributed by atoms with Gasteiger partial charge in [0, 0.05) is 23.6 Å². The molecule has 0 saturated heterocycles. The summed E-state index contributed by atoms with van der Waals surface area (Å²) in [5.74, 6) is 0.720. The van der Waals surface area contributed by atoms with E-state index in [0.717, 1.165) is 22.7 Å². The Balaban J connectivity index is 1.54. The van der Waals surface area contributed by atoms with Crippen LogP contribution in [0.5, 0.6) is 0 Å². The molecule has 27 heavy (non-hydrogen) atoms. The number of aryl methyl sites for hydroxylation is 1. The molecule has 134 valence electrons. The lowest BCUT2D eigenvalue weighted by molar-refractivity contribution is 0.102. The van der Waals surface area contributed by atoms with Gasteiger partial charge in [0.05, 0.1) is 12.1 Å². The van der Waals surface area contributed by atoms with Crippen molar-refractivity contribution >= 4 is 23.1 Å². The van der Waals surface area contributed by atoms with Crippen LogP contribution in [0.3, 0.4) is 0 Å². The molecule has 0 aliphatic heterocycles. The summed E-state index contributed by atoms with van der Waals surface area (Å²) in [6.07, 6.45) is 3.74. The van der Waals surface area contributed by atoms with Crippen LogP contribution in [-0.2, 0) is 6.42 Å². The number of hydrogen-bond donors (Lipinski definition) is 1. The second-order valence-corrected chi connectivity index (χ2v) is 6.48. The number of nitrogens with one attached hydrogen (secondary N) is 1. The lowest BCUT2D eigenvalue weighted by Gasteiger charge is -2.08. The van der Waals surface area contributed by atoms with Gasteiger partial charge in [-0.25, -0.2) is 0 Å². The lowest BCUT2D eigenvalue weighted by Crippen LogP contribution is -2.13. The number of para-hydroxylation sites is 1. The quantitative estimate of drug-likeness (QED) is 0.568. The molecule has 0 aliphatic rings. The number of carbonyl (C=O) groups excluding carboxylic acids is 1. The molecular weight excluding hydrogens is 364 g/mol. The molecule has 3 aromatic heterocycles. The maximum atomic E-state index is 12.5. The number of rotatable bonds is 5. The van der Waals surface area contributed by atoms with Crippen molar-refractivity contribution in [2.24, 2.45) is 0 Å². The van der Waals surface area contributed by atoms with Gasteiger partial charge in [-0.15, -0.1) is 5.10 Å². The first kappa shape index (κ1) is 17.0. The van der Waals surface area contributed by atoms with E-state index >= 15 is 0 Å². The highest BCUT2D eigenvalue weighted by Crippen LogP contribution is 2.22. The van der Waals surface area contributed by atoms with Crippen molar-refractivity contribution < 1.29 is 9.32 Å². The molecule has 1 amide bonds. The van der Waals surface area contributed by atoms with E-state index in [9.17, 15) is 4.79 Å². The predicted molar refractivity (Wildman–Crippen MR) is 99.4 cm³/mol. The number of hydrogen-bond acceptors (Lipinski definition) is 8. The first-order chi connectivity index (χ1) is 13.2. The zero-order valence-corrected chi connectivity index (χ0v) is 15.1. The molecule has 0 saturated carbocycles. The van der Waals surface area contributed by atoms with E-state index in [1.165, 1.54) is 0 Å². The Morgan fingerprint density at radius 3 is 2.78 bits per heavy atom. The molecule has 0 unspecified atom stereocenters. The number of benzene rings is 1. The van der Waals surface area contributed by atoms with Crippen molar-refractivity contribution in [2.45, 2.75) is 13.3 Å². The van der Waals surface area contributed by atoms with E-state index in [2.05, 4.69) is 30.0 Å². The van der Waals surface area contributed by atoms with Crippen LogP contribution in [0, 0.1) is 6.92 Å². The average Bonchev–Trinajstić information content (AvgIpc) is 3.33. The first-order valence-corrected chi connectivity index (χ1v) is 8.89. The van der Waals surface area contributed by atoms with Gasteiger partial charge in [0.25, 0.3) is 5.91 Å². The maximum absolute atomic E-state index is 12.5. The molecule has 1 aromatic carbocycles. The highest BCUT2D eigenvalue weighted by atomic mass is 32.1. The smallest absolute Gasteiger partial charge is 0.269 e. The van der Waals surface area contributed by atoms with Crippen LogP contribution in [0.2, 0.25) is 0 Å². The zero-order chi connectivity index (χ0) is 18.6.